The number of aromatic nitrogens is 3. The average Bonchev–Trinajstić information content (AvgIpc) is 3.31. The van der Waals surface area contributed by atoms with Crippen LogP contribution in [0.1, 0.15) is 39.0 Å². The highest BCUT2D eigenvalue weighted by Gasteiger charge is 2.28. The van der Waals surface area contributed by atoms with Crippen molar-refractivity contribution >= 4 is 17.7 Å². The first-order valence-electron chi connectivity index (χ1n) is 11.7. The Bertz CT molecular complexity index is 1110. The van der Waals surface area contributed by atoms with Crippen LogP contribution in [0.4, 0.5) is 0 Å². The van der Waals surface area contributed by atoms with Crippen molar-refractivity contribution in [3.63, 3.8) is 0 Å². The van der Waals surface area contributed by atoms with Crippen LogP contribution >= 0.6 is 11.8 Å². The summed E-state index contributed by atoms with van der Waals surface area (Å²) < 4.78 is 12.9. The smallest absolute Gasteiger partial charge is 0.235 e. The predicted molar refractivity (Wildman–Crippen MR) is 135 cm³/mol. The zero-order valence-corrected chi connectivity index (χ0v) is 21.0. The maximum absolute atomic E-state index is 13.3. The largest absolute Gasteiger partial charge is 0.493 e. The molecule has 1 aliphatic rings. The Morgan fingerprint density at radius 2 is 1.74 bits per heavy atom. The molecule has 1 saturated carbocycles. The van der Waals surface area contributed by atoms with E-state index < -0.39 is 0 Å². The number of carbonyl (C=O) groups is 1. The van der Waals surface area contributed by atoms with E-state index in [4.69, 9.17) is 9.47 Å². The summed E-state index contributed by atoms with van der Waals surface area (Å²) in [6.07, 6.45) is 5.81. The van der Waals surface area contributed by atoms with Crippen LogP contribution in [-0.2, 0) is 4.79 Å². The third kappa shape index (κ3) is 5.06. The molecular formula is C26H32N4O3S. The van der Waals surface area contributed by atoms with E-state index in [2.05, 4.69) is 10.2 Å². The molecule has 0 saturated heterocycles. The molecule has 2 aromatic carbocycles. The van der Waals surface area contributed by atoms with Gasteiger partial charge in [0, 0.05) is 24.7 Å². The van der Waals surface area contributed by atoms with Gasteiger partial charge in [0.15, 0.2) is 22.5 Å². The van der Waals surface area contributed by atoms with Crippen LogP contribution in [0.5, 0.6) is 11.5 Å². The van der Waals surface area contributed by atoms with Crippen LogP contribution in [0.25, 0.3) is 17.1 Å². The normalized spacial score (nSPS) is 15.1. The highest BCUT2D eigenvalue weighted by Crippen LogP contribution is 2.35. The Kier molecular flexibility index (Phi) is 7.77. The first-order valence-corrected chi connectivity index (χ1v) is 12.6. The first-order chi connectivity index (χ1) is 16.5. The monoisotopic (exact) mass is 480 g/mol. The Morgan fingerprint density at radius 1 is 1.03 bits per heavy atom. The molecule has 1 aliphatic carbocycles. The number of benzene rings is 2. The number of hydrogen-bond acceptors (Lipinski definition) is 6. The molecule has 1 heterocycles. The van der Waals surface area contributed by atoms with Crippen molar-refractivity contribution in [1.82, 2.24) is 19.7 Å². The van der Waals surface area contributed by atoms with Crippen molar-refractivity contribution in [2.24, 2.45) is 0 Å². The molecule has 0 radical (unpaired) electrons. The lowest BCUT2D eigenvalue weighted by Gasteiger charge is -2.32. The molecule has 34 heavy (non-hydrogen) atoms. The summed E-state index contributed by atoms with van der Waals surface area (Å²) in [6, 6.07) is 16.0. The van der Waals surface area contributed by atoms with E-state index in [0.29, 0.717) is 28.5 Å². The van der Waals surface area contributed by atoms with Crippen molar-refractivity contribution in [2.45, 2.75) is 55.5 Å². The van der Waals surface area contributed by atoms with Gasteiger partial charge in [-0.1, -0.05) is 61.4 Å². The predicted octanol–water partition coefficient (Wildman–Crippen LogP) is 5.22. The molecule has 7 nitrogen and oxygen atoms in total. The molecule has 0 spiro atoms. The minimum Gasteiger partial charge on any atom is -0.493 e. The summed E-state index contributed by atoms with van der Waals surface area (Å²) in [4.78, 5) is 15.2. The Morgan fingerprint density at radius 3 is 2.41 bits per heavy atom. The molecule has 0 N–H and O–H groups in total. The SMILES string of the molecule is COc1ccc(-n2c(SC(C)C(=O)N(C)C3CCCCC3)nnc2-c2ccccc2)cc1OC. The summed E-state index contributed by atoms with van der Waals surface area (Å²) in [5.41, 5.74) is 1.78. The summed E-state index contributed by atoms with van der Waals surface area (Å²) in [7, 11) is 5.16. The minimum atomic E-state index is -0.293. The van der Waals surface area contributed by atoms with Crippen molar-refractivity contribution < 1.29 is 14.3 Å². The van der Waals surface area contributed by atoms with Crippen LogP contribution < -0.4 is 9.47 Å². The number of rotatable bonds is 8. The van der Waals surface area contributed by atoms with Crippen molar-refractivity contribution in [3.05, 3.63) is 48.5 Å². The summed E-state index contributed by atoms with van der Waals surface area (Å²) >= 11 is 1.43. The maximum Gasteiger partial charge on any atom is 0.235 e. The van der Waals surface area contributed by atoms with Crippen molar-refractivity contribution in [2.75, 3.05) is 21.3 Å². The third-order valence-corrected chi connectivity index (χ3v) is 7.42. The molecule has 8 heteroatoms. The van der Waals surface area contributed by atoms with E-state index in [1.165, 1.54) is 31.0 Å². The van der Waals surface area contributed by atoms with E-state index in [0.717, 1.165) is 24.1 Å². The number of methoxy groups -OCH3 is 2. The molecule has 0 aliphatic heterocycles. The van der Waals surface area contributed by atoms with Crippen molar-refractivity contribution in [1.29, 1.82) is 0 Å². The average molecular weight is 481 g/mol. The lowest BCUT2D eigenvalue weighted by atomic mass is 9.94. The molecule has 1 amide bonds. The Balaban J connectivity index is 1.68. The lowest BCUT2D eigenvalue weighted by molar-refractivity contribution is -0.131. The maximum atomic E-state index is 13.3. The summed E-state index contributed by atoms with van der Waals surface area (Å²) in [6.45, 7) is 1.95. The number of thioether (sulfide) groups is 1. The van der Waals surface area contributed by atoms with Gasteiger partial charge in [0.05, 0.1) is 25.2 Å². The van der Waals surface area contributed by atoms with E-state index in [1.807, 2.05) is 72.0 Å². The zero-order valence-electron chi connectivity index (χ0n) is 20.2. The van der Waals surface area contributed by atoms with Crippen LogP contribution in [0.2, 0.25) is 0 Å². The second-order valence-electron chi connectivity index (χ2n) is 8.55. The first kappa shape index (κ1) is 24.1. The zero-order chi connectivity index (χ0) is 24.1. The topological polar surface area (TPSA) is 69.5 Å². The van der Waals surface area contributed by atoms with Gasteiger partial charge >= 0.3 is 0 Å². The van der Waals surface area contributed by atoms with Gasteiger partial charge in [-0.15, -0.1) is 10.2 Å². The molecule has 0 bridgehead atoms. The van der Waals surface area contributed by atoms with Gasteiger partial charge in [0.2, 0.25) is 5.91 Å². The Labute approximate surface area is 205 Å². The standard InChI is InChI=1S/C26H32N4O3S/c1-18(25(31)29(2)20-13-9-6-10-14-20)34-26-28-27-24(19-11-7-5-8-12-19)30(26)21-15-16-22(32-3)23(17-21)33-4/h5,7-8,11-12,15-18,20H,6,9-10,13-14H2,1-4H3. The van der Waals surface area contributed by atoms with Crippen LogP contribution in [0.15, 0.2) is 53.7 Å². The van der Waals surface area contributed by atoms with E-state index in [9.17, 15) is 4.79 Å². The lowest BCUT2D eigenvalue weighted by Crippen LogP contribution is -2.42. The van der Waals surface area contributed by atoms with E-state index >= 15 is 0 Å². The van der Waals surface area contributed by atoms with Crippen LogP contribution in [0, 0.1) is 0 Å². The highest BCUT2D eigenvalue weighted by molar-refractivity contribution is 8.00. The summed E-state index contributed by atoms with van der Waals surface area (Å²) in [5.74, 6) is 2.09. The van der Waals surface area contributed by atoms with Crippen LogP contribution in [0.3, 0.4) is 0 Å². The highest BCUT2D eigenvalue weighted by atomic mass is 32.2. The van der Waals surface area contributed by atoms with Gasteiger partial charge in [0.25, 0.3) is 0 Å². The van der Waals surface area contributed by atoms with E-state index in [-0.39, 0.29) is 11.2 Å². The van der Waals surface area contributed by atoms with Gasteiger partial charge in [0.1, 0.15) is 0 Å². The fourth-order valence-corrected chi connectivity index (χ4v) is 5.43. The Hall–Kier alpha value is -3.00. The third-order valence-electron chi connectivity index (χ3n) is 6.39. The number of ether oxygens (including phenoxy) is 2. The number of carbonyl (C=O) groups excluding carboxylic acids is 1. The second kappa shape index (κ2) is 11.0. The fourth-order valence-electron chi connectivity index (χ4n) is 4.46. The molecule has 180 valence electrons. The molecule has 1 atom stereocenters. The summed E-state index contributed by atoms with van der Waals surface area (Å²) in [5, 5.41) is 9.36. The van der Waals surface area contributed by atoms with E-state index in [1.54, 1.807) is 14.2 Å². The van der Waals surface area contributed by atoms with Gasteiger partial charge in [-0.25, -0.2) is 0 Å². The quantitative estimate of drug-likeness (QED) is 0.412. The molecule has 1 fully saturated rings. The van der Waals surface area contributed by atoms with Gasteiger partial charge in [-0.05, 0) is 31.9 Å². The number of amides is 1. The molecule has 3 aromatic rings. The van der Waals surface area contributed by atoms with Crippen molar-refractivity contribution in [3.8, 4) is 28.6 Å². The number of hydrogen-bond donors (Lipinski definition) is 0. The number of nitrogens with zero attached hydrogens (tertiary/aromatic N) is 4. The molecule has 1 aromatic heterocycles. The molecule has 4 rings (SSSR count). The van der Waals surface area contributed by atoms with Gasteiger partial charge < -0.3 is 14.4 Å². The molecule has 1 unspecified atom stereocenters. The van der Waals surface area contributed by atoms with Gasteiger partial charge in [-0.2, -0.15) is 0 Å². The van der Waals surface area contributed by atoms with Gasteiger partial charge in [-0.3, -0.25) is 9.36 Å². The van der Waals surface area contributed by atoms with Crippen LogP contribution in [-0.4, -0.2) is 58.1 Å². The molecular weight excluding hydrogens is 448 g/mol. The fraction of sp³-hybridized carbons (Fsp3) is 0.423. The minimum absolute atomic E-state index is 0.125. The second-order valence-corrected chi connectivity index (χ2v) is 9.86.